The third-order valence-electron chi connectivity index (χ3n) is 2.69. The van der Waals surface area contributed by atoms with Crippen LogP contribution in [0, 0.1) is 0 Å². The number of esters is 1. The topological polar surface area (TPSA) is 70.5 Å². The van der Waals surface area contributed by atoms with Gasteiger partial charge in [0.15, 0.2) is 5.82 Å². The van der Waals surface area contributed by atoms with Crippen LogP contribution in [0.4, 0.5) is 0 Å². The van der Waals surface area contributed by atoms with Gasteiger partial charge in [0.2, 0.25) is 0 Å². The van der Waals surface area contributed by atoms with Crippen molar-refractivity contribution in [2.75, 3.05) is 14.2 Å². The molecule has 6 nitrogen and oxygen atoms in total. The van der Waals surface area contributed by atoms with Crippen LogP contribution in [0.25, 0.3) is 0 Å². The Bertz CT molecular complexity index is 647. The lowest BCUT2D eigenvalue weighted by atomic mass is 10.2. The molecule has 8 heteroatoms. The number of carbonyl (C=O) groups is 1. The van der Waals surface area contributed by atoms with E-state index < -0.39 is 5.97 Å². The molecule has 112 valence electrons. The smallest absolute Gasteiger partial charge is 0.337 e. The molecule has 2 rings (SSSR count). The first-order valence-corrected chi connectivity index (χ1v) is 7.12. The minimum absolute atomic E-state index is 0.212. The van der Waals surface area contributed by atoms with Crippen LogP contribution in [0.2, 0.25) is 5.02 Å². The van der Waals surface area contributed by atoms with Gasteiger partial charge in [-0.25, -0.2) is 4.79 Å². The number of carbonyl (C=O) groups excluding carboxylic acids is 1. The van der Waals surface area contributed by atoms with Gasteiger partial charge in [0.05, 0.1) is 17.7 Å². The zero-order chi connectivity index (χ0) is 15.4. The van der Waals surface area contributed by atoms with Gasteiger partial charge < -0.3 is 14.2 Å². The molecule has 0 aliphatic heterocycles. The summed E-state index contributed by atoms with van der Waals surface area (Å²) in [6, 6.07) is 4.62. The molecule has 0 saturated carbocycles. The molecular formula is C13H13ClN2O4S. The van der Waals surface area contributed by atoms with Crippen molar-refractivity contribution in [3.63, 3.8) is 0 Å². The van der Waals surface area contributed by atoms with E-state index in [2.05, 4.69) is 14.1 Å². The lowest BCUT2D eigenvalue weighted by molar-refractivity contribution is 0.0600. The standard InChI is InChI=1S/C13H13ClN2O4S/c1-7(18-2)11-15-13(21-16-11)20-10-5-4-8(6-9(10)14)12(17)19-3/h4-7H,1-3H3/t7-/m1/s1. The summed E-state index contributed by atoms with van der Waals surface area (Å²) in [4.78, 5) is 15.6. The van der Waals surface area contributed by atoms with Crippen molar-refractivity contribution in [1.82, 2.24) is 9.36 Å². The summed E-state index contributed by atoms with van der Waals surface area (Å²) in [6.45, 7) is 1.84. The van der Waals surface area contributed by atoms with Gasteiger partial charge in [-0.1, -0.05) is 11.6 Å². The Kier molecular flexibility index (Phi) is 5.11. The second kappa shape index (κ2) is 6.84. The van der Waals surface area contributed by atoms with Crippen LogP contribution in [-0.4, -0.2) is 29.5 Å². The fourth-order valence-corrected chi connectivity index (χ4v) is 2.30. The zero-order valence-corrected chi connectivity index (χ0v) is 13.2. The van der Waals surface area contributed by atoms with Crippen LogP contribution in [0.1, 0.15) is 29.2 Å². The molecule has 1 heterocycles. The first kappa shape index (κ1) is 15.7. The monoisotopic (exact) mass is 328 g/mol. The maximum absolute atomic E-state index is 11.4. The lowest BCUT2D eigenvalue weighted by Crippen LogP contribution is -2.01. The average Bonchev–Trinajstić information content (AvgIpc) is 2.96. The van der Waals surface area contributed by atoms with Gasteiger partial charge in [-0.15, -0.1) is 0 Å². The second-order valence-corrected chi connectivity index (χ2v) is 5.16. The van der Waals surface area contributed by atoms with E-state index in [0.717, 1.165) is 11.5 Å². The molecule has 21 heavy (non-hydrogen) atoms. The maximum Gasteiger partial charge on any atom is 0.337 e. The van der Waals surface area contributed by atoms with E-state index in [4.69, 9.17) is 21.1 Å². The Labute approximate surface area is 130 Å². The highest BCUT2D eigenvalue weighted by molar-refractivity contribution is 7.07. The molecule has 0 aliphatic carbocycles. The number of nitrogens with zero attached hydrogens (tertiary/aromatic N) is 2. The predicted molar refractivity (Wildman–Crippen MR) is 78.2 cm³/mol. The van der Waals surface area contributed by atoms with Gasteiger partial charge in [0.1, 0.15) is 11.9 Å². The van der Waals surface area contributed by atoms with E-state index in [9.17, 15) is 4.79 Å². The van der Waals surface area contributed by atoms with E-state index in [1.54, 1.807) is 19.2 Å². The molecule has 1 atom stereocenters. The zero-order valence-electron chi connectivity index (χ0n) is 11.6. The Balaban J connectivity index is 2.16. The van der Waals surface area contributed by atoms with Gasteiger partial charge >= 0.3 is 5.97 Å². The predicted octanol–water partition coefficient (Wildman–Crippen LogP) is 3.48. The Morgan fingerprint density at radius 2 is 2.14 bits per heavy atom. The number of benzene rings is 1. The summed E-state index contributed by atoms with van der Waals surface area (Å²) in [7, 11) is 2.88. The lowest BCUT2D eigenvalue weighted by Gasteiger charge is -2.06. The van der Waals surface area contributed by atoms with Crippen molar-refractivity contribution in [2.45, 2.75) is 13.0 Å². The van der Waals surface area contributed by atoms with Crippen molar-refractivity contribution in [2.24, 2.45) is 0 Å². The van der Waals surface area contributed by atoms with Crippen LogP contribution in [0.5, 0.6) is 10.9 Å². The van der Waals surface area contributed by atoms with E-state index in [0.29, 0.717) is 22.3 Å². The number of hydrogen-bond acceptors (Lipinski definition) is 7. The molecule has 0 fully saturated rings. The molecule has 0 amide bonds. The number of rotatable bonds is 5. The van der Waals surface area contributed by atoms with E-state index >= 15 is 0 Å². The van der Waals surface area contributed by atoms with E-state index in [-0.39, 0.29) is 11.1 Å². The summed E-state index contributed by atoms with van der Waals surface area (Å²) >= 11 is 7.17. The summed E-state index contributed by atoms with van der Waals surface area (Å²) in [5.74, 6) is 0.465. The van der Waals surface area contributed by atoms with Crippen molar-refractivity contribution in [3.8, 4) is 10.9 Å². The molecule has 0 saturated heterocycles. The SMILES string of the molecule is COC(=O)c1ccc(Oc2nc([C@@H](C)OC)ns2)c(Cl)c1. The van der Waals surface area contributed by atoms with Gasteiger partial charge in [0, 0.05) is 18.6 Å². The van der Waals surface area contributed by atoms with Gasteiger partial charge in [0.25, 0.3) is 5.19 Å². The van der Waals surface area contributed by atoms with Gasteiger partial charge in [-0.05, 0) is 25.1 Å². The number of halogens is 1. The fourth-order valence-electron chi connectivity index (χ4n) is 1.45. The molecule has 1 aromatic carbocycles. The minimum atomic E-state index is -0.462. The average molecular weight is 329 g/mol. The second-order valence-electron chi connectivity index (χ2n) is 4.04. The Morgan fingerprint density at radius 1 is 1.38 bits per heavy atom. The van der Waals surface area contributed by atoms with Crippen LogP contribution in [-0.2, 0) is 9.47 Å². The molecule has 2 aromatic rings. The highest BCUT2D eigenvalue weighted by atomic mass is 35.5. The molecule has 0 bridgehead atoms. The third-order valence-corrected chi connectivity index (χ3v) is 3.60. The largest absolute Gasteiger partial charge is 0.465 e. The molecule has 0 aliphatic rings. The van der Waals surface area contributed by atoms with Crippen LogP contribution < -0.4 is 4.74 Å². The first-order chi connectivity index (χ1) is 10.0. The van der Waals surface area contributed by atoms with Crippen molar-refractivity contribution in [1.29, 1.82) is 0 Å². The third kappa shape index (κ3) is 3.69. The maximum atomic E-state index is 11.4. The Hall–Kier alpha value is -1.70. The summed E-state index contributed by atoms with van der Waals surface area (Å²) in [6.07, 6.45) is -0.212. The fraction of sp³-hybridized carbons (Fsp3) is 0.308. The molecule has 0 spiro atoms. The number of aromatic nitrogens is 2. The normalized spacial score (nSPS) is 12.0. The molecule has 1 aromatic heterocycles. The molecule has 0 unspecified atom stereocenters. The summed E-state index contributed by atoms with van der Waals surface area (Å²) in [5.41, 5.74) is 0.348. The molecular weight excluding hydrogens is 316 g/mol. The van der Waals surface area contributed by atoms with Crippen molar-refractivity contribution in [3.05, 3.63) is 34.6 Å². The number of hydrogen-bond donors (Lipinski definition) is 0. The quantitative estimate of drug-likeness (QED) is 0.783. The van der Waals surface area contributed by atoms with Crippen molar-refractivity contribution < 1.29 is 19.0 Å². The number of methoxy groups -OCH3 is 2. The van der Waals surface area contributed by atoms with Crippen LogP contribution in [0.15, 0.2) is 18.2 Å². The van der Waals surface area contributed by atoms with E-state index in [1.165, 1.54) is 13.2 Å². The Morgan fingerprint density at radius 3 is 2.76 bits per heavy atom. The van der Waals surface area contributed by atoms with Gasteiger partial charge in [-0.2, -0.15) is 9.36 Å². The highest BCUT2D eigenvalue weighted by Crippen LogP contribution is 2.32. The van der Waals surface area contributed by atoms with Crippen molar-refractivity contribution >= 4 is 29.1 Å². The molecule has 0 N–H and O–H groups in total. The van der Waals surface area contributed by atoms with E-state index in [1.807, 2.05) is 6.92 Å². The van der Waals surface area contributed by atoms with Gasteiger partial charge in [-0.3, -0.25) is 0 Å². The summed E-state index contributed by atoms with van der Waals surface area (Å²) < 4.78 is 19.4. The summed E-state index contributed by atoms with van der Waals surface area (Å²) in [5, 5.41) is 0.635. The number of ether oxygens (including phenoxy) is 3. The highest BCUT2D eigenvalue weighted by Gasteiger charge is 2.15. The van der Waals surface area contributed by atoms with Crippen LogP contribution in [0.3, 0.4) is 0 Å². The minimum Gasteiger partial charge on any atom is -0.465 e. The van der Waals surface area contributed by atoms with Crippen LogP contribution >= 0.6 is 23.1 Å². The first-order valence-electron chi connectivity index (χ1n) is 5.97. The molecule has 0 radical (unpaired) electrons.